The second-order valence-electron chi connectivity index (χ2n) is 6.96. The van der Waals surface area contributed by atoms with Crippen molar-refractivity contribution in [2.45, 2.75) is 26.2 Å². The summed E-state index contributed by atoms with van der Waals surface area (Å²) in [6.45, 7) is 1.03. The lowest BCUT2D eigenvalue weighted by Crippen LogP contribution is -2.24. The lowest BCUT2D eigenvalue weighted by molar-refractivity contribution is -0.149. The van der Waals surface area contributed by atoms with E-state index >= 15 is 0 Å². The maximum atomic E-state index is 12.3. The van der Waals surface area contributed by atoms with Gasteiger partial charge in [0.15, 0.2) is 24.7 Å². The molecule has 0 aliphatic heterocycles. The van der Waals surface area contributed by atoms with E-state index in [4.69, 9.17) is 18.9 Å². The third-order valence-electron chi connectivity index (χ3n) is 4.82. The Morgan fingerprint density at radius 2 is 1.94 bits per heavy atom. The highest BCUT2D eigenvalue weighted by Gasteiger charge is 2.28. The smallest absolute Gasteiger partial charge is 0.344 e. The Bertz CT molecular complexity index is 1040. The van der Waals surface area contributed by atoms with E-state index in [1.165, 1.54) is 25.6 Å². The molecule has 0 unspecified atom stereocenters. The number of ether oxygens (including phenoxy) is 4. The van der Waals surface area contributed by atoms with Crippen LogP contribution in [0.3, 0.4) is 0 Å². The van der Waals surface area contributed by atoms with Gasteiger partial charge in [0.05, 0.1) is 19.8 Å². The summed E-state index contributed by atoms with van der Waals surface area (Å²) >= 11 is 1.35. The van der Waals surface area contributed by atoms with Crippen LogP contribution in [0.15, 0.2) is 24.3 Å². The number of rotatable bonds is 9. The van der Waals surface area contributed by atoms with Crippen molar-refractivity contribution in [1.29, 1.82) is 0 Å². The Kier molecular flexibility index (Phi) is 7.88. The molecule has 1 heterocycles. The zero-order valence-corrected chi connectivity index (χ0v) is 19.0. The second-order valence-corrected chi connectivity index (χ2v) is 8.07. The summed E-state index contributed by atoms with van der Waals surface area (Å²) in [5.41, 5.74) is 2.25. The SMILES string of the molecule is CC=Cc1ccc(OCC(=O)OCC(=O)Nc2sc3c(c2C(=O)OC)CCC3)c(OC)c1. The van der Waals surface area contributed by atoms with Gasteiger partial charge in [-0.25, -0.2) is 9.59 Å². The molecule has 0 fully saturated rings. The highest BCUT2D eigenvalue weighted by molar-refractivity contribution is 7.17. The van der Waals surface area contributed by atoms with Crippen LogP contribution >= 0.6 is 11.3 Å². The summed E-state index contributed by atoms with van der Waals surface area (Å²) in [6, 6.07) is 5.30. The number of aryl methyl sites for hydroxylation is 1. The molecule has 3 rings (SSSR count). The van der Waals surface area contributed by atoms with Gasteiger partial charge in [-0.2, -0.15) is 0 Å². The molecule has 170 valence electrons. The van der Waals surface area contributed by atoms with Crippen LogP contribution in [0.4, 0.5) is 5.00 Å². The number of amides is 1. The average Bonchev–Trinajstić information content (AvgIpc) is 3.37. The molecular weight excluding hydrogens is 434 g/mol. The fourth-order valence-corrected chi connectivity index (χ4v) is 4.69. The monoisotopic (exact) mass is 459 g/mol. The van der Waals surface area contributed by atoms with Crippen molar-refractivity contribution in [2.24, 2.45) is 0 Å². The normalized spacial score (nSPS) is 12.3. The number of methoxy groups -OCH3 is 2. The fraction of sp³-hybridized carbons (Fsp3) is 0.348. The molecule has 1 N–H and O–H groups in total. The van der Waals surface area contributed by atoms with E-state index in [0.717, 1.165) is 35.3 Å². The van der Waals surface area contributed by atoms with Gasteiger partial charge >= 0.3 is 11.9 Å². The summed E-state index contributed by atoms with van der Waals surface area (Å²) < 4.78 is 20.6. The summed E-state index contributed by atoms with van der Waals surface area (Å²) in [7, 11) is 2.81. The fourth-order valence-electron chi connectivity index (χ4n) is 3.40. The summed E-state index contributed by atoms with van der Waals surface area (Å²) in [5, 5.41) is 3.08. The largest absolute Gasteiger partial charge is 0.493 e. The molecule has 8 nitrogen and oxygen atoms in total. The first-order valence-electron chi connectivity index (χ1n) is 10.1. The number of fused-ring (bicyclic) bond motifs is 1. The minimum atomic E-state index is -0.707. The number of allylic oxidation sites excluding steroid dienone is 1. The Balaban J connectivity index is 1.53. The zero-order valence-electron chi connectivity index (χ0n) is 18.2. The van der Waals surface area contributed by atoms with Crippen LogP contribution in [0.25, 0.3) is 6.08 Å². The molecule has 0 spiro atoms. The van der Waals surface area contributed by atoms with Crippen molar-refractivity contribution in [3.63, 3.8) is 0 Å². The molecule has 0 atom stereocenters. The Hall–Kier alpha value is -3.33. The van der Waals surface area contributed by atoms with E-state index in [9.17, 15) is 14.4 Å². The van der Waals surface area contributed by atoms with Gasteiger partial charge in [0.25, 0.3) is 5.91 Å². The molecule has 0 saturated carbocycles. The van der Waals surface area contributed by atoms with Crippen LogP contribution in [0.2, 0.25) is 0 Å². The molecule has 1 aliphatic rings. The summed E-state index contributed by atoms with van der Waals surface area (Å²) in [6.07, 6.45) is 6.42. The van der Waals surface area contributed by atoms with E-state index in [0.29, 0.717) is 22.1 Å². The van der Waals surface area contributed by atoms with Crippen molar-refractivity contribution in [1.82, 2.24) is 0 Å². The van der Waals surface area contributed by atoms with Gasteiger partial charge in [-0.05, 0) is 49.4 Å². The Morgan fingerprint density at radius 3 is 2.66 bits per heavy atom. The van der Waals surface area contributed by atoms with Crippen molar-refractivity contribution >= 4 is 40.3 Å². The lowest BCUT2D eigenvalue weighted by atomic mass is 10.1. The summed E-state index contributed by atoms with van der Waals surface area (Å²) in [5.74, 6) is -0.872. The third-order valence-corrected chi connectivity index (χ3v) is 6.03. The Labute approximate surface area is 190 Å². The van der Waals surface area contributed by atoms with Crippen LogP contribution in [0.5, 0.6) is 11.5 Å². The molecule has 0 radical (unpaired) electrons. The maximum Gasteiger partial charge on any atom is 0.344 e. The first kappa shape index (κ1) is 23.3. The quantitative estimate of drug-likeness (QED) is 0.572. The van der Waals surface area contributed by atoms with E-state index in [-0.39, 0.29) is 6.61 Å². The molecule has 0 bridgehead atoms. The maximum absolute atomic E-state index is 12.3. The number of nitrogens with one attached hydrogen (secondary N) is 1. The highest BCUT2D eigenvalue weighted by atomic mass is 32.1. The van der Waals surface area contributed by atoms with E-state index in [2.05, 4.69) is 5.32 Å². The molecule has 9 heteroatoms. The highest BCUT2D eigenvalue weighted by Crippen LogP contribution is 2.39. The molecule has 0 saturated heterocycles. The first-order valence-corrected chi connectivity index (χ1v) is 10.9. The van der Waals surface area contributed by atoms with Crippen LogP contribution < -0.4 is 14.8 Å². The van der Waals surface area contributed by atoms with Crippen LogP contribution in [0, 0.1) is 0 Å². The van der Waals surface area contributed by atoms with Crippen LogP contribution in [0.1, 0.15) is 39.7 Å². The lowest BCUT2D eigenvalue weighted by Gasteiger charge is -2.11. The topological polar surface area (TPSA) is 100 Å². The molecule has 1 aromatic heterocycles. The number of thiophene rings is 1. The van der Waals surface area contributed by atoms with E-state index in [1.54, 1.807) is 12.1 Å². The predicted molar refractivity (Wildman–Crippen MR) is 120 cm³/mol. The minimum Gasteiger partial charge on any atom is -0.493 e. The van der Waals surface area contributed by atoms with Crippen LogP contribution in [-0.4, -0.2) is 45.3 Å². The van der Waals surface area contributed by atoms with Crippen molar-refractivity contribution in [3.05, 3.63) is 45.8 Å². The molecule has 1 amide bonds. The molecular formula is C23H25NO7S. The van der Waals surface area contributed by atoms with Gasteiger partial charge in [-0.3, -0.25) is 4.79 Å². The van der Waals surface area contributed by atoms with E-state index in [1.807, 2.05) is 25.1 Å². The second kappa shape index (κ2) is 10.8. The minimum absolute atomic E-state index is 0.382. The van der Waals surface area contributed by atoms with Gasteiger partial charge in [0, 0.05) is 4.88 Å². The standard InChI is InChI=1S/C23H25NO7S/c1-4-6-14-9-10-16(17(11-14)28-2)30-13-20(26)31-12-19(25)24-22-21(23(27)29-3)15-7-5-8-18(15)32-22/h4,6,9-11H,5,7-8,12-13H2,1-3H3,(H,24,25). The number of anilines is 1. The number of carbonyl (C=O) groups is 3. The molecule has 32 heavy (non-hydrogen) atoms. The average molecular weight is 460 g/mol. The van der Waals surface area contributed by atoms with Crippen molar-refractivity contribution < 1.29 is 33.3 Å². The number of benzene rings is 1. The third kappa shape index (κ3) is 5.47. The van der Waals surface area contributed by atoms with Gasteiger partial charge < -0.3 is 24.3 Å². The molecule has 2 aromatic rings. The van der Waals surface area contributed by atoms with Gasteiger partial charge in [-0.15, -0.1) is 11.3 Å². The zero-order chi connectivity index (χ0) is 23.1. The number of carbonyl (C=O) groups excluding carboxylic acids is 3. The number of hydrogen-bond acceptors (Lipinski definition) is 8. The van der Waals surface area contributed by atoms with Crippen LogP contribution in [-0.2, 0) is 31.9 Å². The Morgan fingerprint density at radius 1 is 1.12 bits per heavy atom. The van der Waals surface area contributed by atoms with E-state index < -0.39 is 24.5 Å². The molecule has 1 aromatic carbocycles. The van der Waals surface area contributed by atoms with Gasteiger partial charge in [0.2, 0.25) is 0 Å². The first-order chi connectivity index (χ1) is 15.5. The molecule has 1 aliphatic carbocycles. The number of esters is 2. The predicted octanol–water partition coefficient (Wildman–Crippen LogP) is 3.63. The van der Waals surface area contributed by atoms with Crippen molar-refractivity contribution in [3.8, 4) is 11.5 Å². The number of hydrogen-bond donors (Lipinski definition) is 1. The summed E-state index contributed by atoms with van der Waals surface area (Å²) in [4.78, 5) is 37.5. The van der Waals surface area contributed by atoms with Gasteiger partial charge in [-0.1, -0.05) is 18.2 Å². The van der Waals surface area contributed by atoms with Gasteiger partial charge in [0.1, 0.15) is 5.00 Å². The van der Waals surface area contributed by atoms with Crippen molar-refractivity contribution in [2.75, 3.05) is 32.8 Å².